The third-order valence-electron chi connectivity index (χ3n) is 4.19. The molecule has 3 N–H and O–H groups in total. The lowest BCUT2D eigenvalue weighted by molar-refractivity contribution is 0.0593. The Labute approximate surface area is 121 Å². The number of hydrogen-bond donors (Lipinski definition) is 2. The second-order valence-electron chi connectivity index (χ2n) is 6.01. The SMILES string of the molecule is CCC(N)C(c1cccc(OC)c1)N1CCC(C)(O)C1. The zero-order valence-electron chi connectivity index (χ0n) is 12.7. The lowest BCUT2D eigenvalue weighted by Crippen LogP contribution is -2.41. The zero-order valence-corrected chi connectivity index (χ0v) is 12.7. The van der Waals surface area contributed by atoms with Crippen LogP contribution in [-0.2, 0) is 0 Å². The molecule has 0 aliphatic carbocycles. The average molecular weight is 278 g/mol. The van der Waals surface area contributed by atoms with Gasteiger partial charge in [0.05, 0.1) is 18.8 Å². The van der Waals surface area contributed by atoms with Crippen LogP contribution in [0.5, 0.6) is 5.75 Å². The van der Waals surface area contributed by atoms with Gasteiger partial charge in [-0.3, -0.25) is 4.90 Å². The molecule has 4 nitrogen and oxygen atoms in total. The topological polar surface area (TPSA) is 58.7 Å². The van der Waals surface area contributed by atoms with Crippen LogP contribution in [0.25, 0.3) is 0 Å². The first-order valence-electron chi connectivity index (χ1n) is 7.33. The van der Waals surface area contributed by atoms with Crippen LogP contribution in [0.1, 0.15) is 38.3 Å². The zero-order chi connectivity index (χ0) is 14.8. The summed E-state index contributed by atoms with van der Waals surface area (Å²) >= 11 is 0. The molecule has 3 atom stereocenters. The molecule has 1 aromatic rings. The first-order chi connectivity index (χ1) is 9.46. The van der Waals surface area contributed by atoms with Gasteiger partial charge in [0.1, 0.15) is 5.75 Å². The standard InChI is InChI=1S/C16H26N2O2/c1-4-14(17)15(18-9-8-16(2,19)11-18)12-6-5-7-13(10-12)20-3/h5-7,10,14-15,19H,4,8-9,11,17H2,1-3H3. The van der Waals surface area contributed by atoms with E-state index in [1.807, 2.05) is 25.1 Å². The van der Waals surface area contributed by atoms with Crippen molar-refractivity contribution in [2.45, 2.75) is 44.4 Å². The quantitative estimate of drug-likeness (QED) is 0.864. The molecule has 0 bridgehead atoms. The minimum atomic E-state index is -0.607. The van der Waals surface area contributed by atoms with Gasteiger partial charge >= 0.3 is 0 Å². The third kappa shape index (κ3) is 3.32. The van der Waals surface area contributed by atoms with Crippen LogP contribution in [0.3, 0.4) is 0 Å². The van der Waals surface area contributed by atoms with E-state index in [1.54, 1.807) is 7.11 Å². The first-order valence-corrected chi connectivity index (χ1v) is 7.33. The van der Waals surface area contributed by atoms with Gasteiger partial charge in [-0.15, -0.1) is 0 Å². The number of nitrogens with two attached hydrogens (primary N) is 1. The van der Waals surface area contributed by atoms with E-state index in [2.05, 4.69) is 17.9 Å². The number of nitrogens with zero attached hydrogens (tertiary/aromatic N) is 1. The van der Waals surface area contributed by atoms with Crippen molar-refractivity contribution < 1.29 is 9.84 Å². The predicted octanol–water partition coefficient (Wildman–Crippen LogP) is 1.93. The van der Waals surface area contributed by atoms with E-state index >= 15 is 0 Å². The van der Waals surface area contributed by atoms with Crippen molar-refractivity contribution in [3.8, 4) is 5.75 Å². The highest BCUT2D eigenvalue weighted by Gasteiger charge is 2.37. The van der Waals surface area contributed by atoms with Gasteiger partial charge < -0.3 is 15.6 Å². The van der Waals surface area contributed by atoms with Crippen molar-refractivity contribution in [1.29, 1.82) is 0 Å². The summed E-state index contributed by atoms with van der Waals surface area (Å²) in [6, 6.07) is 8.26. The number of hydrogen-bond acceptors (Lipinski definition) is 4. The Morgan fingerprint density at radius 1 is 1.50 bits per heavy atom. The molecule has 112 valence electrons. The summed E-state index contributed by atoms with van der Waals surface area (Å²) in [5.74, 6) is 0.849. The van der Waals surface area contributed by atoms with Crippen molar-refractivity contribution in [3.05, 3.63) is 29.8 Å². The lowest BCUT2D eigenvalue weighted by Gasteiger charge is -2.33. The van der Waals surface area contributed by atoms with Gasteiger partial charge in [-0.05, 0) is 37.5 Å². The molecular weight excluding hydrogens is 252 g/mol. The van der Waals surface area contributed by atoms with Gasteiger partial charge in [0.2, 0.25) is 0 Å². The summed E-state index contributed by atoms with van der Waals surface area (Å²) < 4.78 is 5.31. The molecule has 1 heterocycles. The molecule has 1 saturated heterocycles. The maximum absolute atomic E-state index is 10.2. The summed E-state index contributed by atoms with van der Waals surface area (Å²) in [5.41, 5.74) is 6.90. The van der Waals surface area contributed by atoms with E-state index in [0.29, 0.717) is 6.54 Å². The summed E-state index contributed by atoms with van der Waals surface area (Å²) in [7, 11) is 1.68. The molecule has 0 saturated carbocycles. The van der Waals surface area contributed by atoms with Crippen LogP contribution >= 0.6 is 0 Å². The highest BCUT2D eigenvalue weighted by atomic mass is 16.5. The molecule has 0 amide bonds. The monoisotopic (exact) mass is 278 g/mol. The predicted molar refractivity (Wildman–Crippen MR) is 80.8 cm³/mol. The summed E-state index contributed by atoms with van der Waals surface area (Å²) in [4.78, 5) is 2.29. The van der Waals surface area contributed by atoms with Crippen molar-refractivity contribution in [1.82, 2.24) is 4.90 Å². The van der Waals surface area contributed by atoms with Crippen molar-refractivity contribution in [3.63, 3.8) is 0 Å². The van der Waals surface area contributed by atoms with Crippen LogP contribution < -0.4 is 10.5 Å². The summed E-state index contributed by atoms with van der Waals surface area (Å²) in [6.07, 6.45) is 1.70. The van der Waals surface area contributed by atoms with Gasteiger partial charge in [0.15, 0.2) is 0 Å². The first kappa shape index (κ1) is 15.3. The molecule has 1 fully saturated rings. The number of methoxy groups -OCH3 is 1. The molecule has 0 spiro atoms. The summed E-state index contributed by atoms with van der Waals surface area (Å²) in [5, 5.41) is 10.2. The average Bonchev–Trinajstić information content (AvgIpc) is 2.79. The highest BCUT2D eigenvalue weighted by molar-refractivity contribution is 5.31. The fourth-order valence-corrected chi connectivity index (χ4v) is 3.00. The summed E-state index contributed by atoms with van der Waals surface area (Å²) in [6.45, 7) is 5.55. The minimum Gasteiger partial charge on any atom is -0.497 e. The van der Waals surface area contributed by atoms with E-state index < -0.39 is 5.60 Å². The van der Waals surface area contributed by atoms with Gasteiger partial charge in [-0.1, -0.05) is 19.1 Å². The smallest absolute Gasteiger partial charge is 0.119 e. The van der Waals surface area contributed by atoms with E-state index in [-0.39, 0.29) is 12.1 Å². The number of rotatable bonds is 5. The molecule has 1 aliphatic rings. The Morgan fingerprint density at radius 3 is 2.80 bits per heavy atom. The van der Waals surface area contributed by atoms with Crippen molar-refractivity contribution in [2.75, 3.05) is 20.2 Å². The lowest BCUT2D eigenvalue weighted by atomic mass is 9.96. The van der Waals surface area contributed by atoms with Gasteiger partial charge in [-0.25, -0.2) is 0 Å². The number of β-amino-alcohol motifs (C(OH)–C–C–N with tert-alkyl or cyclic N) is 1. The fraction of sp³-hybridized carbons (Fsp3) is 0.625. The largest absolute Gasteiger partial charge is 0.497 e. The fourth-order valence-electron chi connectivity index (χ4n) is 3.00. The molecular formula is C16H26N2O2. The number of likely N-dealkylation sites (tertiary alicyclic amines) is 1. The molecule has 4 heteroatoms. The number of ether oxygens (including phenoxy) is 1. The van der Waals surface area contributed by atoms with Gasteiger partial charge in [0, 0.05) is 19.1 Å². The van der Waals surface area contributed by atoms with Crippen molar-refractivity contribution in [2.24, 2.45) is 5.73 Å². The molecule has 0 aromatic heterocycles. The van der Waals surface area contributed by atoms with Crippen LogP contribution in [0, 0.1) is 0 Å². The minimum absolute atomic E-state index is 0.0519. The van der Waals surface area contributed by atoms with Crippen LogP contribution in [-0.4, -0.2) is 41.8 Å². The Kier molecular flexibility index (Phi) is 4.68. The van der Waals surface area contributed by atoms with Crippen LogP contribution in [0.15, 0.2) is 24.3 Å². The maximum Gasteiger partial charge on any atom is 0.119 e. The van der Waals surface area contributed by atoms with Crippen LogP contribution in [0.4, 0.5) is 0 Å². The van der Waals surface area contributed by atoms with Crippen molar-refractivity contribution >= 4 is 0 Å². The molecule has 1 aliphatic heterocycles. The van der Waals surface area contributed by atoms with Gasteiger partial charge in [-0.2, -0.15) is 0 Å². The molecule has 2 rings (SSSR count). The number of benzene rings is 1. The molecule has 0 radical (unpaired) electrons. The Morgan fingerprint density at radius 2 is 2.25 bits per heavy atom. The maximum atomic E-state index is 10.2. The molecule has 1 aromatic carbocycles. The van der Waals surface area contributed by atoms with E-state index in [1.165, 1.54) is 0 Å². The normalized spacial score (nSPS) is 26.4. The highest BCUT2D eigenvalue weighted by Crippen LogP contribution is 2.33. The molecule has 3 unspecified atom stereocenters. The van der Waals surface area contributed by atoms with E-state index in [9.17, 15) is 5.11 Å². The van der Waals surface area contributed by atoms with Gasteiger partial charge in [0.25, 0.3) is 0 Å². The van der Waals surface area contributed by atoms with Crippen LogP contribution in [0.2, 0.25) is 0 Å². The Hall–Kier alpha value is -1.10. The Bertz CT molecular complexity index is 448. The third-order valence-corrected chi connectivity index (χ3v) is 4.19. The Balaban J connectivity index is 2.28. The second-order valence-corrected chi connectivity index (χ2v) is 6.01. The molecule has 20 heavy (non-hydrogen) atoms. The van der Waals surface area contributed by atoms with E-state index in [0.717, 1.165) is 30.7 Å². The van der Waals surface area contributed by atoms with E-state index in [4.69, 9.17) is 10.5 Å². The number of aliphatic hydroxyl groups is 1. The second kappa shape index (κ2) is 6.12.